The highest BCUT2D eigenvalue weighted by molar-refractivity contribution is 6.30. The number of carboxylic acids is 1. The highest BCUT2D eigenvalue weighted by atomic mass is 35.5. The Kier molecular flexibility index (Phi) is 6.38. The molecule has 0 heterocycles. The number of halogens is 1. The minimum Gasteiger partial charge on any atom is -0.481 e. The van der Waals surface area contributed by atoms with Crippen LogP contribution in [0.15, 0.2) is 42.5 Å². The van der Waals surface area contributed by atoms with Gasteiger partial charge in [-0.2, -0.15) is 0 Å². The minimum atomic E-state index is -0.831. The van der Waals surface area contributed by atoms with Gasteiger partial charge in [-0.3, -0.25) is 9.59 Å². The third-order valence-corrected chi connectivity index (χ3v) is 3.94. The van der Waals surface area contributed by atoms with Gasteiger partial charge in [-0.05, 0) is 60.7 Å². The van der Waals surface area contributed by atoms with E-state index in [0.29, 0.717) is 24.3 Å². The summed E-state index contributed by atoms with van der Waals surface area (Å²) in [6, 6.07) is 13.4. The van der Waals surface area contributed by atoms with Crippen molar-refractivity contribution in [1.29, 1.82) is 0 Å². The predicted molar refractivity (Wildman–Crippen MR) is 96.4 cm³/mol. The number of hydrogen-bond acceptors (Lipinski definition) is 2. The van der Waals surface area contributed by atoms with Crippen molar-refractivity contribution in [2.75, 3.05) is 5.32 Å². The van der Waals surface area contributed by atoms with E-state index in [1.54, 1.807) is 0 Å². The van der Waals surface area contributed by atoms with Gasteiger partial charge in [-0.1, -0.05) is 29.8 Å². The summed E-state index contributed by atoms with van der Waals surface area (Å²) in [6.45, 7) is 1.94. The van der Waals surface area contributed by atoms with E-state index in [1.165, 1.54) is 0 Å². The zero-order valence-electron chi connectivity index (χ0n) is 13.5. The Labute approximate surface area is 146 Å². The fourth-order valence-electron chi connectivity index (χ4n) is 2.43. The Morgan fingerprint density at radius 1 is 1.04 bits per heavy atom. The van der Waals surface area contributed by atoms with Crippen molar-refractivity contribution in [3.8, 4) is 11.1 Å². The molecule has 0 saturated heterocycles. The molecule has 2 rings (SSSR count). The van der Waals surface area contributed by atoms with E-state index in [1.807, 2.05) is 49.4 Å². The number of aryl methyl sites for hydroxylation is 1. The Hall–Kier alpha value is -2.33. The third kappa shape index (κ3) is 5.39. The van der Waals surface area contributed by atoms with Crippen molar-refractivity contribution in [3.05, 3.63) is 53.1 Å². The number of hydrogen-bond donors (Lipinski definition) is 2. The summed E-state index contributed by atoms with van der Waals surface area (Å²) >= 11 is 6.02. The van der Waals surface area contributed by atoms with Crippen molar-refractivity contribution in [2.24, 2.45) is 0 Å². The summed E-state index contributed by atoms with van der Waals surface area (Å²) in [5.74, 6) is -0.929. The normalized spacial score (nSPS) is 10.4. The largest absolute Gasteiger partial charge is 0.481 e. The van der Waals surface area contributed by atoms with Gasteiger partial charge >= 0.3 is 5.97 Å². The Balaban J connectivity index is 1.97. The molecule has 0 unspecified atom stereocenters. The number of anilines is 1. The second-order valence-electron chi connectivity index (χ2n) is 5.69. The van der Waals surface area contributed by atoms with E-state index in [0.717, 1.165) is 22.4 Å². The molecule has 0 bridgehead atoms. The molecule has 0 radical (unpaired) electrons. The highest BCUT2D eigenvalue weighted by Gasteiger charge is 2.07. The van der Waals surface area contributed by atoms with Crippen LogP contribution < -0.4 is 5.32 Å². The molecule has 0 aromatic heterocycles. The molecule has 0 aliphatic heterocycles. The Morgan fingerprint density at radius 3 is 2.42 bits per heavy atom. The van der Waals surface area contributed by atoms with Crippen LogP contribution in [0.1, 0.15) is 31.2 Å². The van der Waals surface area contributed by atoms with E-state index < -0.39 is 5.97 Å². The van der Waals surface area contributed by atoms with Gasteiger partial charge in [-0.15, -0.1) is 0 Å². The molecule has 24 heavy (non-hydrogen) atoms. The summed E-state index contributed by atoms with van der Waals surface area (Å²) in [6.07, 6.45) is 1.50. The molecular weight excluding hydrogens is 326 g/mol. The molecule has 4 nitrogen and oxygen atoms in total. The number of rotatable bonds is 7. The molecular formula is C19H20ClNO3. The second kappa shape index (κ2) is 8.50. The highest BCUT2D eigenvalue weighted by Crippen LogP contribution is 2.26. The molecule has 0 atom stereocenters. The maximum absolute atomic E-state index is 11.9. The molecule has 5 heteroatoms. The van der Waals surface area contributed by atoms with E-state index in [9.17, 15) is 9.59 Å². The van der Waals surface area contributed by atoms with Crippen LogP contribution in [0.25, 0.3) is 11.1 Å². The first-order valence-corrected chi connectivity index (χ1v) is 8.22. The molecule has 1 amide bonds. The van der Waals surface area contributed by atoms with Gasteiger partial charge in [0.25, 0.3) is 0 Å². The molecule has 2 N–H and O–H groups in total. The van der Waals surface area contributed by atoms with Crippen LogP contribution in [0.3, 0.4) is 0 Å². The molecule has 0 saturated carbocycles. The van der Waals surface area contributed by atoms with Gasteiger partial charge in [-0.25, -0.2) is 0 Å². The zero-order chi connectivity index (χ0) is 17.5. The maximum Gasteiger partial charge on any atom is 0.303 e. The molecule has 0 aliphatic rings. The first-order valence-electron chi connectivity index (χ1n) is 7.84. The van der Waals surface area contributed by atoms with Gasteiger partial charge in [0.1, 0.15) is 0 Å². The van der Waals surface area contributed by atoms with Gasteiger partial charge in [0, 0.05) is 23.6 Å². The zero-order valence-corrected chi connectivity index (χ0v) is 14.3. The van der Waals surface area contributed by atoms with Crippen LogP contribution in [0.2, 0.25) is 5.02 Å². The fourth-order valence-corrected chi connectivity index (χ4v) is 2.62. The van der Waals surface area contributed by atoms with Gasteiger partial charge in [0.15, 0.2) is 0 Å². The summed E-state index contributed by atoms with van der Waals surface area (Å²) in [7, 11) is 0. The van der Waals surface area contributed by atoms with E-state index in [-0.39, 0.29) is 12.3 Å². The number of carboxylic acid groups (broad SMARTS) is 1. The lowest BCUT2D eigenvalue weighted by Gasteiger charge is -2.11. The third-order valence-electron chi connectivity index (χ3n) is 3.70. The van der Waals surface area contributed by atoms with Crippen LogP contribution in [0, 0.1) is 6.92 Å². The van der Waals surface area contributed by atoms with Crippen LogP contribution in [0.4, 0.5) is 5.69 Å². The first-order chi connectivity index (χ1) is 11.5. The van der Waals surface area contributed by atoms with Crippen molar-refractivity contribution in [1.82, 2.24) is 0 Å². The Bertz CT molecular complexity index is 743. The lowest BCUT2D eigenvalue weighted by Crippen LogP contribution is -2.12. The summed E-state index contributed by atoms with van der Waals surface area (Å²) in [5, 5.41) is 12.1. The van der Waals surface area contributed by atoms with Crippen molar-refractivity contribution < 1.29 is 14.7 Å². The lowest BCUT2D eigenvalue weighted by molar-refractivity contribution is -0.137. The second-order valence-corrected chi connectivity index (χ2v) is 6.13. The van der Waals surface area contributed by atoms with Crippen LogP contribution in [-0.2, 0) is 9.59 Å². The Morgan fingerprint density at radius 2 is 1.75 bits per heavy atom. The lowest BCUT2D eigenvalue weighted by atomic mass is 10.0. The van der Waals surface area contributed by atoms with Crippen LogP contribution >= 0.6 is 11.6 Å². The van der Waals surface area contributed by atoms with Crippen LogP contribution in [-0.4, -0.2) is 17.0 Å². The van der Waals surface area contributed by atoms with E-state index in [4.69, 9.17) is 16.7 Å². The molecule has 0 fully saturated rings. The number of nitrogens with one attached hydrogen (secondary N) is 1. The average Bonchev–Trinajstić information content (AvgIpc) is 2.53. The number of amides is 1. The van der Waals surface area contributed by atoms with Gasteiger partial charge in [0.05, 0.1) is 0 Å². The van der Waals surface area contributed by atoms with Crippen molar-refractivity contribution >= 4 is 29.2 Å². The van der Waals surface area contributed by atoms with Gasteiger partial charge < -0.3 is 10.4 Å². The molecule has 2 aromatic carbocycles. The first kappa shape index (κ1) is 18.0. The van der Waals surface area contributed by atoms with Crippen LogP contribution in [0.5, 0.6) is 0 Å². The maximum atomic E-state index is 11.9. The predicted octanol–water partition coefficient (Wildman–Crippen LogP) is 4.90. The minimum absolute atomic E-state index is 0.0979. The summed E-state index contributed by atoms with van der Waals surface area (Å²) < 4.78 is 0. The molecule has 0 spiro atoms. The summed E-state index contributed by atoms with van der Waals surface area (Å²) in [4.78, 5) is 22.4. The number of unbranched alkanes of at least 4 members (excludes halogenated alkanes) is 1. The van der Waals surface area contributed by atoms with Crippen molar-refractivity contribution in [3.63, 3.8) is 0 Å². The van der Waals surface area contributed by atoms with E-state index >= 15 is 0 Å². The van der Waals surface area contributed by atoms with Gasteiger partial charge in [0.2, 0.25) is 5.91 Å². The molecule has 0 aliphatic carbocycles. The van der Waals surface area contributed by atoms with E-state index in [2.05, 4.69) is 5.32 Å². The molecule has 126 valence electrons. The SMILES string of the molecule is Cc1cc(-c2cccc(Cl)c2)ccc1NC(=O)CCCCC(=O)O. The number of aliphatic carboxylic acids is 1. The number of carbonyl (C=O) groups excluding carboxylic acids is 1. The fraction of sp³-hybridized carbons (Fsp3) is 0.263. The molecule has 2 aromatic rings. The van der Waals surface area contributed by atoms with Crippen molar-refractivity contribution in [2.45, 2.75) is 32.6 Å². The topological polar surface area (TPSA) is 66.4 Å². The smallest absolute Gasteiger partial charge is 0.303 e. The standard InChI is InChI=1S/C19H20ClNO3/c1-13-11-15(14-5-4-6-16(20)12-14)9-10-17(13)21-18(22)7-2-3-8-19(23)24/h4-6,9-12H,2-3,7-8H2,1H3,(H,21,22)(H,23,24). The quantitative estimate of drug-likeness (QED) is 0.701. The average molecular weight is 346 g/mol. The number of carbonyl (C=O) groups is 2. The number of benzene rings is 2. The summed E-state index contributed by atoms with van der Waals surface area (Å²) in [5.41, 5.74) is 3.79. The monoisotopic (exact) mass is 345 g/mol.